The molecule has 0 aromatic rings. The van der Waals surface area contributed by atoms with Crippen molar-refractivity contribution in [3.63, 3.8) is 0 Å². The molecule has 0 aromatic carbocycles. The molecule has 0 aliphatic rings. The summed E-state index contributed by atoms with van der Waals surface area (Å²) in [7, 11) is 1.56. The smallest absolute Gasteiger partial charge is 0.407 e. The predicted octanol–water partition coefficient (Wildman–Crippen LogP) is 1.39. The first-order valence-electron chi connectivity index (χ1n) is 2.82. The van der Waals surface area contributed by atoms with Crippen molar-refractivity contribution < 1.29 is 9.90 Å². The molecule has 0 unspecified atom stereocenters. The quantitative estimate of drug-likeness (QED) is 0.539. The van der Waals surface area contributed by atoms with Crippen LogP contribution in [0.25, 0.3) is 0 Å². The summed E-state index contributed by atoms with van der Waals surface area (Å²) in [6.07, 6.45) is -0.887. The maximum absolute atomic E-state index is 10.3. The topological polar surface area (TPSA) is 40.5 Å². The van der Waals surface area contributed by atoms with Gasteiger partial charge < -0.3 is 10.0 Å². The molecule has 0 bridgehead atoms. The van der Waals surface area contributed by atoms with Gasteiger partial charge in [0.15, 0.2) is 0 Å². The lowest BCUT2D eigenvalue weighted by Gasteiger charge is -2.28. The maximum Gasteiger partial charge on any atom is 0.407 e. The van der Waals surface area contributed by atoms with Crippen LogP contribution in [0.2, 0.25) is 0 Å². The van der Waals surface area contributed by atoms with Gasteiger partial charge in [-0.2, -0.15) is 0 Å². The van der Waals surface area contributed by atoms with Crippen molar-refractivity contribution in [1.29, 1.82) is 0 Å². The lowest BCUT2D eigenvalue weighted by molar-refractivity contribution is 0.118. The average Bonchev–Trinajstić information content (AvgIpc) is 1.62. The number of nitrogens with zero attached hydrogens (tertiary/aromatic N) is 1. The maximum atomic E-state index is 10.3. The molecule has 0 radical (unpaired) electrons. The van der Waals surface area contributed by atoms with Crippen LogP contribution >= 0.6 is 0 Å². The summed E-state index contributed by atoms with van der Waals surface area (Å²) in [4.78, 5) is 11.5. The fourth-order valence-electron chi connectivity index (χ4n) is 0.287. The Labute approximate surface area is 55.3 Å². The van der Waals surface area contributed by atoms with Crippen molar-refractivity contribution in [2.24, 2.45) is 0 Å². The fourth-order valence-corrected chi connectivity index (χ4v) is 0.287. The molecule has 0 aromatic heterocycles. The van der Waals surface area contributed by atoms with Gasteiger partial charge in [0, 0.05) is 12.6 Å². The summed E-state index contributed by atoms with van der Waals surface area (Å²) < 4.78 is 0. The van der Waals surface area contributed by atoms with E-state index in [0.29, 0.717) is 0 Å². The molecule has 54 valence electrons. The Hall–Kier alpha value is -0.730. The van der Waals surface area contributed by atoms with E-state index in [0.717, 1.165) is 0 Å². The highest BCUT2D eigenvalue weighted by Crippen LogP contribution is 2.09. The van der Waals surface area contributed by atoms with E-state index in [-0.39, 0.29) is 5.54 Å². The first-order valence-corrected chi connectivity index (χ1v) is 2.82. The van der Waals surface area contributed by atoms with E-state index in [1.807, 2.05) is 20.8 Å². The highest BCUT2D eigenvalue weighted by molar-refractivity contribution is 5.65. The molecular formula is C6H13NO2. The summed E-state index contributed by atoms with van der Waals surface area (Å²) in [5, 5.41) is 8.44. The van der Waals surface area contributed by atoms with Gasteiger partial charge in [-0.15, -0.1) is 0 Å². The zero-order chi connectivity index (χ0) is 7.65. The minimum atomic E-state index is -0.887. The Kier molecular flexibility index (Phi) is 2.07. The van der Waals surface area contributed by atoms with Crippen molar-refractivity contribution in [2.75, 3.05) is 7.05 Å². The fraction of sp³-hybridized carbons (Fsp3) is 0.833. The average molecular weight is 131 g/mol. The predicted molar refractivity (Wildman–Crippen MR) is 35.5 cm³/mol. The highest BCUT2D eigenvalue weighted by atomic mass is 16.4. The third-order valence-corrected chi connectivity index (χ3v) is 1.29. The molecule has 0 heterocycles. The van der Waals surface area contributed by atoms with E-state index in [9.17, 15) is 4.79 Å². The minimum absolute atomic E-state index is 0.286. The Morgan fingerprint density at radius 1 is 1.44 bits per heavy atom. The van der Waals surface area contributed by atoms with Crippen LogP contribution in [0.5, 0.6) is 0 Å². The number of amides is 1. The summed E-state index contributed by atoms with van der Waals surface area (Å²) in [6, 6.07) is 0. The standard InChI is InChI=1S/C6H13NO2/c1-6(2,3)7(4)5(8)9/h1-4H3,(H,8,9). The van der Waals surface area contributed by atoms with E-state index in [4.69, 9.17) is 5.11 Å². The summed E-state index contributed by atoms with van der Waals surface area (Å²) in [6.45, 7) is 5.54. The van der Waals surface area contributed by atoms with Gasteiger partial charge in [0.05, 0.1) is 0 Å². The second-order valence-corrected chi connectivity index (χ2v) is 3.01. The molecule has 1 N–H and O–H groups in total. The SMILES string of the molecule is CN(C(=O)O)C(C)(C)C. The van der Waals surface area contributed by atoms with Crippen LogP contribution in [0.3, 0.4) is 0 Å². The van der Waals surface area contributed by atoms with Crippen molar-refractivity contribution in [2.45, 2.75) is 26.3 Å². The monoisotopic (exact) mass is 131 g/mol. The largest absolute Gasteiger partial charge is 0.465 e. The van der Waals surface area contributed by atoms with Crippen molar-refractivity contribution in [1.82, 2.24) is 4.90 Å². The van der Waals surface area contributed by atoms with Gasteiger partial charge in [-0.1, -0.05) is 0 Å². The Morgan fingerprint density at radius 3 is 1.78 bits per heavy atom. The third-order valence-electron chi connectivity index (χ3n) is 1.29. The number of carboxylic acid groups (broad SMARTS) is 1. The minimum Gasteiger partial charge on any atom is -0.465 e. The molecule has 0 rings (SSSR count). The highest BCUT2D eigenvalue weighted by Gasteiger charge is 2.20. The Bertz CT molecular complexity index is 115. The van der Waals surface area contributed by atoms with E-state index in [1.165, 1.54) is 4.90 Å². The van der Waals surface area contributed by atoms with Crippen LogP contribution in [-0.2, 0) is 0 Å². The first kappa shape index (κ1) is 8.27. The van der Waals surface area contributed by atoms with Crippen LogP contribution in [0.1, 0.15) is 20.8 Å². The number of carbonyl (C=O) groups is 1. The van der Waals surface area contributed by atoms with Gasteiger partial charge >= 0.3 is 6.09 Å². The van der Waals surface area contributed by atoms with Crippen LogP contribution in [0.15, 0.2) is 0 Å². The first-order chi connectivity index (χ1) is 3.85. The molecule has 0 atom stereocenters. The van der Waals surface area contributed by atoms with Gasteiger partial charge in [-0.05, 0) is 20.8 Å². The molecule has 0 spiro atoms. The van der Waals surface area contributed by atoms with Gasteiger partial charge in [0.2, 0.25) is 0 Å². The molecule has 0 saturated carbocycles. The van der Waals surface area contributed by atoms with E-state index in [1.54, 1.807) is 7.05 Å². The molecule has 0 saturated heterocycles. The molecular weight excluding hydrogens is 118 g/mol. The number of rotatable bonds is 0. The van der Waals surface area contributed by atoms with Crippen molar-refractivity contribution in [3.8, 4) is 0 Å². The third kappa shape index (κ3) is 2.35. The molecule has 0 fully saturated rings. The molecule has 9 heavy (non-hydrogen) atoms. The van der Waals surface area contributed by atoms with Crippen molar-refractivity contribution in [3.05, 3.63) is 0 Å². The van der Waals surface area contributed by atoms with E-state index < -0.39 is 6.09 Å². The molecule has 3 heteroatoms. The summed E-state index contributed by atoms with van der Waals surface area (Å²) in [5.41, 5.74) is -0.286. The number of hydrogen-bond donors (Lipinski definition) is 1. The van der Waals surface area contributed by atoms with Gasteiger partial charge in [-0.3, -0.25) is 0 Å². The Balaban J connectivity index is 4.04. The van der Waals surface area contributed by atoms with Crippen LogP contribution in [0, 0.1) is 0 Å². The van der Waals surface area contributed by atoms with Crippen LogP contribution in [0.4, 0.5) is 4.79 Å². The summed E-state index contributed by atoms with van der Waals surface area (Å²) >= 11 is 0. The van der Waals surface area contributed by atoms with Crippen molar-refractivity contribution >= 4 is 6.09 Å². The van der Waals surface area contributed by atoms with Crippen LogP contribution in [-0.4, -0.2) is 28.7 Å². The normalized spacial score (nSPS) is 11.1. The van der Waals surface area contributed by atoms with E-state index >= 15 is 0 Å². The van der Waals surface area contributed by atoms with Gasteiger partial charge in [-0.25, -0.2) is 4.79 Å². The second kappa shape index (κ2) is 2.25. The number of hydrogen-bond acceptors (Lipinski definition) is 1. The Morgan fingerprint density at radius 2 is 1.78 bits per heavy atom. The zero-order valence-electron chi connectivity index (χ0n) is 6.30. The summed E-state index contributed by atoms with van der Waals surface area (Å²) in [5.74, 6) is 0. The van der Waals surface area contributed by atoms with Gasteiger partial charge in [0.1, 0.15) is 0 Å². The van der Waals surface area contributed by atoms with Gasteiger partial charge in [0.25, 0.3) is 0 Å². The molecule has 1 amide bonds. The van der Waals surface area contributed by atoms with Crippen LogP contribution < -0.4 is 0 Å². The molecule has 0 aliphatic carbocycles. The van der Waals surface area contributed by atoms with E-state index in [2.05, 4.69) is 0 Å². The lowest BCUT2D eigenvalue weighted by Crippen LogP contribution is -2.41. The lowest BCUT2D eigenvalue weighted by atomic mass is 10.1. The molecule has 3 nitrogen and oxygen atoms in total. The molecule has 0 aliphatic heterocycles. The second-order valence-electron chi connectivity index (χ2n) is 3.01. The zero-order valence-corrected chi connectivity index (χ0v) is 6.30.